The molecule has 0 aliphatic carbocycles. The van der Waals surface area contributed by atoms with Gasteiger partial charge in [0.05, 0.1) is 12.0 Å². The van der Waals surface area contributed by atoms with Gasteiger partial charge in [-0.05, 0) is 49.6 Å². The number of rotatable bonds is 4. The third-order valence-electron chi connectivity index (χ3n) is 5.26. The average molecular weight is 415 g/mol. The molecule has 0 aromatic heterocycles. The van der Waals surface area contributed by atoms with Crippen molar-refractivity contribution in [3.05, 3.63) is 63.6 Å². The highest BCUT2D eigenvalue weighted by atomic mass is 79.9. The van der Waals surface area contributed by atoms with Gasteiger partial charge in [0.1, 0.15) is 0 Å². The third-order valence-corrected chi connectivity index (χ3v) is 6.12. The first-order valence-electron chi connectivity index (χ1n) is 8.79. The molecule has 1 heterocycles. The second-order valence-corrected chi connectivity index (χ2v) is 7.72. The van der Waals surface area contributed by atoms with E-state index in [1.807, 2.05) is 63.2 Å². The molecule has 0 spiro atoms. The minimum atomic E-state index is -0.322. The van der Waals surface area contributed by atoms with Gasteiger partial charge in [0, 0.05) is 23.1 Å². The topological polar surface area (TPSA) is 49.4 Å². The molecule has 1 aliphatic heterocycles. The minimum absolute atomic E-state index is 0.0295. The Labute approximate surface area is 162 Å². The van der Waals surface area contributed by atoms with Crippen LogP contribution in [0.2, 0.25) is 0 Å². The van der Waals surface area contributed by atoms with Crippen LogP contribution in [0.15, 0.2) is 46.9 Å². The highest BCUT2D eigenvalue weighted by molar-refractivity contribution is 9.10. The lowest BCUT2D eigenvalue weighted by Gasteiger charge is -2.25. The molecule has 0 radical (unpaired) electrons. The van der Waals surface area contributed by atoms with E-state index in [0.29, 0.717) is 6.54 Å². The maximum atomic E-state index is 12.7. The fourth-order valence-electron chi connectivity index (χ4n) is 3.35. The summed E-state index contributed by atoms with van der Waals surface area (Å²) in [6.45, 7) is 6.46. The Bertz CT molecular complexity index is 835. The van der Waals surface area contributed by atoms with Gasteiger partial charge in [-0.15, -0.1) is 0 Å². The quantitative estimate of drug-likeness (QED) is 0.793. The predicted molar refractivity (Wildman–Crippen MR) is 107 cm³/mol. The number of nitrogens with zero attached hydrogens (tertiary/aromatic N) is 1. The molecule has 1 saturated heterocycles. The first kappa shape index (κ1) is 18.6. The number of nitrogens with one attached hydrogen (secondary N) is 1. The van der Waals surface area contributed by atoms with E-state index in [-0.39, 0.29) is 30.2 Å². The summed E-state index contributed by atoms with van der Waals surface area (Å²) in [5.41, 5.74) is 4.02. The molecule has 2 aromatic rings. The zero-order chi connectivity index (χ0) is 18.8. The number of likely N-dealkylation sites (tertiary alicyclic amines) is 1. The van der Waals surface area contributed by atoms with Crippen molar-refractivity contribution in [2.45, 2.75) is 33.2 Å². The van der Waals surface area contributed by atoms with Gasteiger partial charge in [-0.1, -0.05) is 46.3 Å². The molecule has 1 aliphatic rings. The molecule has 26 heavy (non-hydrogen) atoms. The van der Waals surface area contributed by atoms with Crippen LogP contribution in [-0.2, 0) is 9.59 Å². The first-order valence-corrected chi connectivity index (χ1v) is 9.58. The summed E-state index contributed by atoms with van der Waals surface area (Å²) in [5.74, 6) is -0.381. The van der Waals surface area contributed by atoms with E-state index in [2.05, 4.69) is 21.2 Å². The van der Waals surface area contributed by atoms with E-state index in [4.69, 9.17) is 0 Å². The lowest BCUT2D eigenvalue weighted by molar-refractivity contribution is -0.129. The summed E-state index contributed by atoms with van der Waals surface area (Å²) >= 11 is 3.50. The number of carbonyl (C=O) groups excluding carboxylic acids is 2. The van der Waals surface area contributed by atoms with Crippen LogP contribution in [0.5, 0.6) is 0 Å². The van der Waals surface area contributed by atoms with E-state index in [1.54, 1.807) is 4.90 Å². The second-order valence-electron chi connectivity index (χ2n) is 6.87. The number of carbonyl (C=O) groups is 2. The Morgan fingerprint density at radius 2 is 1.85 bits per heavy atom. The number of hydrogen-bond donors (Lipinski definition) is 1. The Morgan fingerprint density at radius 3 is 2.54 bits per heavy atom. The molecule has 2 aromatic carbocycles. The van der Waals surface area contributed by atoms with Crippen molar-refractivity contribution in [1.82, 2.24) is 4.90 Å². The van der Waals surface area contributed by atoms with Crippen LogP contribution >= 0.6 is 15.9 Å². The van der Waals surface area contributed by atoms with Crippen LogP contribution in [0.4, 0.5) is 5.69 Å². The summed E-state index contributed by atoms with van der Waals surface area (Å²) in [5, 5.41) is 3.00. The molecule has 2 atom stereocenters. The summed E-state index contributed by atoms with van der Waals surface area (Å²) in [6, 6.07) is 13.7. The zero-order valence-corrected chi connectivity index (χ0v) is 16.8. The number of anilines is 1. The van der Waals surface area contributed by atoms with Gasteiger partial charge in [0.15, 0.2) is 0 Å². The zero-order valence-electron chi connectivity index (χ0n) is 15.3. The Balaban J connectivity index is 1.70. The molecule has 1 fully saturated rings. The molecule has 1 N–H and O–H groups in total. The summed E-state index contributed by atoms with van der Waals surface area (Å²) < 4.78 is 1.02. The van der Waals surface area contributed by atoms with Crippen LogP contribution in [0.1, 0.15) is 36.1 Å². The van der Waals surface area contributed by atoms with Crippen LogP contribution in [-0.4, -0.2) is 23.3 Å². The third kappa shape index (κ3) is 3.68. The van der Waals surface area contributed by atoms with E-state index >= 15 is 0 Å². The average Bonchev–Trinajstić information content (AvgIpc) is 3.04. The van der Waals surface area contributed by atoms with Gasteiger partial charge < -0.3 is 10.2 Å². The second kappa shape index (κ2) is 7.62. The van der Waals surface area contributed by atoms with Crippen molar-refractivity contribution >= 4 is 33.4 Å². The molecule has 2 amide bonds. The van der Waals surface area contributed by atoms with Crippen molar-refractivity contribution < 1.29 is 9.59 Å². The van der Waals surface area contributed by atoms with Gasteiger partial charge in [-0.2, -0.15) is 0 Å². The van der Waals surface area contributed by atoms with E-state index < -0.39 is 0 Å². The molecule has 3 rings (SSSR count). The predicted octanol–water partition coefficient (Wildman–Crippen LogP) is 4.61. The summed E-state index contributed by atoms with van der Waals surface area (Å²) in [6.07, 6.45) is 0.261. The van der Waals surface area contributed by atoms with Crippen LogP contribution in [0.3, 0.4) is 0 Å². The van der Waals surface area contributed by atoms with Gasteiger partial charge in [0.25, 0.3) is 0 Å². The van der Waals surface area contributed by atoms with Crippen molar-refractivity contribution in [2.24, 2.45) is 5.92 Å². The van der Waals surface area contributed by atoms with Crippen LogP contribution in [0, 0.1) is 19.8 Å². The maximum Gasteiger partial charge on any atom is 0.229 e. The normalized spacial score (nSPS) is 18.1. The number of halogens is 1. The number of benzene rings is 2. The molecule has 0 saturated carbocycles. The Hall–Kier alpha value is -2.14. The highest BCUT2D eigenvalue weighted by Crippen LogP contribution is 2.30. The largest absolute Gasteiger partial charge is 0.335 e. The van der Waals surface area contributed by atoms with Crippen molar-refractivity contribution in [1.29, 1.82) is 0 Å². The van der Waals surface area contributed by atoms with E-state index in [9.17, 15) is 9.59 Å². The van der Waals surface area contributed by atoms with E-state index in [0.717, 1.165) is 26.9 Å². The van der Waals surface area contributed by atoms with E-state index in [1.165, 1.54) is 0 Å². The fraction of sp³-hybridized carbons (Fsp3) is 0.333. The van der Waals surface area contributed by atoms with Crippen molar-refractivity contribution in [3.63, 3.8) is 0 Å². The lowest BCUT2D eigenvalue weighted by Crippen LogP contribution is -2.30. The number of amides is 2. The Morgan fingerprint density at radius 1 is 1.15 bits per heavy atom. The molecule has 0 bridgehead atoms. The minimum Gasteiger partial charge on any atom is -0.335 e. The van der Waals surface area contributed by atoms with Gasteiger partial charge in [-0.3, -0.25) is 9.59 Å². The molecular weight excluding hydrogens is 392 g/mol. The SMILES string of the molecule is Cc1c(Br)ccc(NC(=O)[C@H]2CC(=O)N([C@H](C)c3ccccc3)C2)c1C. The smallest absolute Gasteiger partial charge is 0.229 e. The van der Waals surface area contributed by atoms with Gasteiger partial charge in [0.2, 0.25) is 11.8 Å². The number of hydrogen-bond acceptors (Lipinski definition) is 2. The molecule has 0 unspecified atom stereocenters. The maximum absolute atomic E-state index is 12.7. The summed E-state index contributed by atoms with van der Waals surface area (Å²) in [4.78, 5) is 27.0. The van der Waals surface area contributed by atoms with Crippen molar-refractivity contribution in [3.8, 4) is 0 Å². The Kier molecular flexibility index (Phi) is 5.47. The molecule has 136 valence electrons. The molecule has 5 heteroatoms. The van der Waals surface area contributed by atoms with Crippen LogP contribution in [0.25, 0.3) is 0 Å². The van der Waals surface area contributed by atoms with Crippen molar-refractivity contribution in [2.75, 3.05) is 11.9 Å². The summed E-state index contributed by atoms with van der Waals surface area (Å²) in [7, 11) is 0. The fourth-order valence-corrected chi connectivity index (χ4v) is 3.78. The molecule has 4 nitrogen and oxygen atoms in total. The van der Waals surface area contributed by atoms with Crippen LogP contribution < -0.4 is 5.32 Å². The van der Waals surface area contributed by atoms with Gasteiger partial charge in [-0.25, -0.2) is 0 Å². The monoisotopic (exact) mass is 414 g/mol. The standard InChI is InChI=1S/C21H23BrN2O2/c1-13-14(2)19(10-9-18(13)22)23-21(26)17-11-20(25)24(12-17)15(3)16-7-5-4-6-8-16/h4-10,15,17H,11-12H2,1-3H3,(H,23,26)/t15-,17+/m1/s1. The first-order chi connectivity index (χ1) is 12.4. The highest BCUT2D eigenvalue weighted by Gasteiger charge is 2.37. The molecular formula is C21H23BrN2O2. The van der Waals surface area contributed by atoms with Gasteiger partial charge >= 0.3 is 0 Å². The lowest BCUT2D eigenvalue weighted by atomic mass is 10.1.